The molecule has 10 heteroatoms. The Balaban J connectivity index is 1.64. The number of benzene rings is 3. The Bertz CT molecular complexity index is 1190. The van der Waals surface area contributed by atoms with Gasteiger partial charge in [-0.25, -0.2) is 0 Å². The normalized spacial score (nSPS) is 10.4. The van der Waals surface area contributed by atoms with Gasteiger partial charge in [0.05, 0.1) is 17.1 Å². The second-order valence-electron chi connectivity index (χ2n) is 7.07. The molecule has 0 aliphatic heterocycles. The molecule has 0 saturated carbocycles. The zero-order chi connectivity index (χ0) is 24.0. The largest absolute Gasteiger partial charge is 0.493 e. The molecule has 0 radical (unpaired) electrons. The van der Waals surface area contributed by atoms with Crippen LogP contribution < -0.4 is 20.1 Å². The van der Waals surface area contributed by atoms with Crippen molar-refractivity contribution >= 4 is 46.2 Å². The summed E-state index contributed by atoms with van der Waals surface area (Å²) in [6, 6.07) is 14.8. The van der Waals surface area contributed by atoms with Crippen LogP contribution >= 0.6 is 23.2 Å². The highest BCUT2D eigenvalue weighted by molar-refractivity contribution is 6.32. The number of aryl methyl sites for hydroxylation is 1. The maximum Gasteiger partial charge on any atom is 0.271 e. The number of nitrogens with zero attached hydrogens (tertiary/aromatic N) is 1. The number of anilines is 2. The third-order valence-electron chi connectivity index (χ3n) is 4.65. The number of ether oxygens (including phenoxy) is 2. The van der Waals surface area contributed by atoms with E-state index < -0.39 is 4.92 Å². The first-order valence-electron chi connectivity index (χ1n) is 9.80. The molecular weight excluding hydrogens is 469 g/mol. The number of nitro groups is 1. The molecule has 0 heterocycles. The molecule has 0 aliphatic rings. The maximum absolute atomic E-state index is 12.3. The first kappa shape index (κ1) is 24.2. The number of amides is 1. The van der Waals surface area contributed by atoms with Crippen LogP contribution in [0.5, 0.6) is 11.5 Å². The molecule has 3 rings (SSSR count). The lowest BCUT2D eigenvalue weighted by atomic mass is 10.2. The minimum absolute atomic E-state index is 0.00875. The highest BCUT2D eigenvalue weighted by Gasteiger charge is 2.15. The van der Waals surface area contributed by atoms with Crippen molar-refractivity contribution in [3.63, 3.8) is 0 Å². The highest BCUT2D eigenvalue weighted by Crippen LogP contribution is 2.36. The van der Waals surface area contributed by atoms with Crippen LogP contribution in [0, 0.1) is 17.0 Å². The lowest BCUT2D eigenvalue weighted by Crippen LogP contribution is -2.20. The summed E-state index contributed by atoms with van der Waals surface area (Å²) < 4.78 is 11.0. The van der Waals surface area contributed by atoms with Crippen molar-refractivity contribution < 1.29 is 19.2 Å². The standard InChI is InChI=1S/C23H21Cl2N3O5/c1-14-6-7-17(11-19(14)24)27-22(29)13-33-23-20(25)8-15(9-21(23)32-2)12-26-16-4-3-5-18(10-16)28(30)31/h3-11,26H,12-13H2,1-2H3,(H,27,29). The monoisotopic (exact) mass is 489 g/mol. The molecule has 3 aromatic rings. The number of carbonyl (C=O) groups excluding carboxylic acids is 1. The predicted molar refractivity (Wildman–Crippen MR) is 129 cm³/mol. The maximum atomic E-state index is 12.3. The van der Waals surface area contributed by atoms with E-state index >= 15 is 0 Å². The third-order valence-corrected chi connectivity index (χ3v) is 5.33. The Hall–Kier alpha value is -3.49. The molecule has 33 heavy (non-hydrogen) atoms. The van der Waals surface area contributed by atoms with Crippen LogP contribution in [0.4, 0.5) is 17.1 Å². The number of nitrogens with one attached hydrogen (secondary N) is 2. The second kappa shape index (κ2) is 10.9. The number of hydrogen-bond acceptors (Lipinski definition) is 6. The van der Waals surface area contributed by atoms with Gasteiger partial charge in [-0.05, 0) is 48.4 Å². The van der Waals surface area contributed by atoms with Gasteiger partial charge in [0.25, 0.3) is 11.6 Å². The van der Waals surface area contributed by atoms with E-state index in [1.54, 1.807) is 42.5 Å². The van der Waals surface area contributed by atoms with Gasteiger partial charge in [0.1, 0.15) is 0 Å². The minimum Gasteiger partial charge on any atom is -0.493 e. The predicted octanol–water partition coefficient (Wildman–Crippen LogP) is 5.85. The van der Waals surface area contributed by atoms with E-state index in [1.165, 1.54) is 19.2 Å². The van der Waals surface area contributed by atoms with Crippen molar-refractivity contribution in [3.8, 4) is 11.5 Å². The van der Waals surface area contributed by atoms with Crippen LogP contribution in [0.2, 0.25) is 10.0 Å². The number of halogens is 2. The molecule has 0 aliphatic carbocycles. The van der Waals surface area contributed by atoms with Crippen LogP contribution in [-0.2, 0) is 11.3 Å². The molecule has 0 atom stereocenters. The van der Waals surface area contributed by atoms with Gasteiger partial charge < -0.3 is 20.1 Å². The van der Waals surface area contributed by atoms with E-state index in [2.05, 4.69) is 10.6 Å². The number of rotatable bonds is 9. The fourth-order valence-electron chi connectivity index (χ4n) is 2.95. The van der Waals surface area contributed by atoms with Gasteiger partial charge in [-0.15, -0.1) is 0 Å². The first-order chi connectivity index (χ1) is 15.8. The average molecular weight is 490 g/mol. The summed E-state index contributed by atoms with van der Waals surface area (Å²) in [5.41, 5.74) is 2.80. The number of carbonyl (C=O) groups is 1. The molecule has 1 amide bonds. The van der Waals surface area contributed by atoms with Crippen molar-refractivity contribution in [2.75, 3.05) is 24.4 Å². The second-order valence-corrected chi connectivity index (χ2v) is 7.89. The number of nitro benzene ring substituents is 1. The van der Waals surface area contributed by atoms with Crippen molar-refractivity contribution in [1.82, 2.24) is 0 Å². The van der Waals surface area contributed by atoms with Crippen molar-refractivity contribution in [2.24, 2.45) is 0 Å². The summed E-state index contributed by atoms with van der Waals surface area (Å²) in [5, 5.41) is 17.6. The smallest absolute Gasteiger partial charge is 0.271 e. The summed E-state index contributed by atoms with van der Waals surface area (Å²) in [6.45, 7) is 1.92. The Kier molecular flexibility index (Phi) is 7.97. The summed E-state index contributed by atoms with van der Waals surface area (Å²) in [7, 11) is 1.46. The quantitative estimate of drug-likeness (QED) is 0.288. The van der Waals surface area contributed by atoms with Crippen LogP contribution in [0.25, 0.3) is 0 Å². The Labute approximate surface area is 200 Å². The van der Waals surface area contributed by atoms with Crippen molar-refractivity contribution in [1.29, 1.82) is 0 Å². The molecule has 0 bridgehead atoms. The Morgan fingerprint density at radius 3 is 2.55 bits per heavy atom. The van der Waals surface area contributed by atoms with E-state index in [0.717, 1.165) is 11.1 Å². The zero-order valence-electron chi connectivity index (χ0n) is 17.9. The molecule has 2 N–H and O–H groups in total. The summed E-state index contributed by atoms with van der Waals surface area (Å²) in [4.78, 5) is 22.7. The fourth-order valence-corrected chi connectivity index (χ4v) is 3.42. The molecule has 172 valence electrons. The van der Waals surface area contributed by atoms with Gasteiger partial charge in [-0.3, -0.25) is 14.9 Å². The van der Waals surface area contributed by atoms with Crippen LogP contribution in [0.1, 0.15) is 11.1 Å². The third kappa shape index (κ3) is 6.50. The molecule has 8 nitrogen and oxygen atoms in total. The number of hydrogen-bond donors (Lipinski definition) is 2. The molecule has 0 fully saturated rings. The van der Waals surface area contributed by atoms with Crippen molar-refractivity contribution in [2.45, 2.75) is 13.5 Å². The van der Waals surface area contributed by atoms with E-state index in [0.29, 0.717) is 28.7 Å². The lowest BCUT2D eigenvalue weighted by Gasteiger charge is -2.15. The van der Waals surface area contributed by atoms with Gasteiger partial charge in [0, 0.05) is 35.1 Å². The number of non-ortho nitro benzene ring substituents is 1. The van der Waals surface area contributed by atoms with E-state index in [9.17, 15) is 14.9 Å². The van der Waals surface area contributed by atoms with E-state index in [1.807, 2.05) is 6.92 Å². The SMILES string of the molecule is COc1cc(CNc2cccc([N+](=O)[O-])c2)cc(Cl)c1OCC(=O)Nc1ccc(C)c(Cl)c1. The summed E-state index contributed by atoms with van der Waals surface area (Å²) in [5.74, 6) is 0.198. The molecule has 3 aromatic carbocycles. The Morgan fingerprint density at radius 1 is 1.06 bits per heavy atom. The van der Waals surface area contributed by atoms with Gasteiger partial charge in [0.15, 0.2) is 18.1 Å². The van der Waals surface area contributed by atoms with Gasteiger partial charge >= 0.3 is 0 Å². The van der Waals surface area contributed by atoms with E-state index in [-0.39, 0.29) is 29.0 Å². The molecule has 0 aromatic heterocycles. The van der Waals surface area contributed by atoms with Gasteiger partial charge in [-0.2, -0.15) is 0 Å². The zero-order valence-corrected chi connectivity index (χ0v) is 19.4. The minimum atomic E-state index is -0.458. The van der Waals surface area contributed by atoms with Crippen molar-refractivity contribution in [3.05, 3.63) is 85.9 Å². The number of methoxy groups -OCH3 is 1. The lowest BCUT2D eigenvalue weighted by molar-refractivity contribution is -0.384. The van der Waals surface area contributed by atoms with Gasteiger partial charge in [0.2, 0.25) is 0 Å². The van der Waals surface area contributed by atoms with E-state index in [4.69, 9.17) is 32.7 Å². The summed E-state index contributed by atoms with van der Waals surface area (Å²) in [6.07, 6.45) is 0. The molecule has 0 saturated heterocycles. The highest BCUT2D eigenvalue weighted by atomic mass is 35.5. The fraction of sp³-hybridized carbons (Fsp3) is 0.174. The van der Waals surface area contributed by atoms with Gasteiger partial charge in [-0.1, -0.05) is 35.3 Å². The molecule has 0 spiro atoms. The molecular formula is C23H21Cl2N3O5. The molecule has 0 unspecified atom stereocenters. The topological polar surface area (TPSA) is 103 Å². The van der Waals surface area contributed by atoms with Crippen LogP contribution in [0.3, 0.4) is 0 Å². The average Bonchev–Trinajstić information content (AvgIpc) is 2.79. The van der Waals surface area contributed by atoms with Crippen LogP contribution in [-0.4, -0.2) is 24.5 Å². The first-order valence-corrected chi connectivity index (χ1v) is 10.6. The summed E-state index contributed by atoms with van der Waals surface area (Å²) >= 11 is 12.5. The Morgan fingerprint density at radius 2 is 1.85 bits per heavy atom. The van der Waals surface area contributed by atoms with Crippen LogP contribution in [0.15, 0.2) is 54.6 Å².